The van der Waals surface area contributed by atoms with Crippen molar-refractivity contribution in [3.8, 4) is 39.1 Å². The Balaban J connectivity index is 0.748. The summed E-state index contributed by atoms with van der Waals surface area (Å²) in [6.07, 6.45) is 21.4. The van der Waals surface area contributed by atoms with Crippen LogP contribution in [0.25, 0.3) is 39.5 Å². The number of ether oxygens (including phenoxy) is 2. The van der Waals surface area contributed by atoms with Gasteiger partial charge >= 0.3 is 0 Å². The molecule has 11 aromatic carbocycles. The van der Waals surface area contributed by atoms with E-state index in [0.717, 1.165) is 133 Å². The number of fused-ring (bicyclic) bond motifs is 6. The molecule has 0 aliphatic heterocycles. The number of unbranched alkanes of at least 4 members (excludes halogenated alkanes) is 6. The van der Waals surface area contributed by atoms with E-state index >= 15 is 0 Å². The van der Waals surface area contributed by atoms with Gasteiger partial charge in [-0.2, -0.15) is 0 Å². The molecule has 476 valence electrons. The average molecular weight is 1260 g/mol. The van der Waals surface area contributed by atoms with Gasteiger partial charge in [-0.1, -0.05) is 221 Å². The molecule has 6 heteroatoms. The van der Waals surface area contributed by atoms with Crippen LogP contribution in [0.1, 0.15) is 110 Å². The second kappa shape index (κ2) is 28.6. The Hall–Kier alpha value is -10.6. The topological polar surface area (TPSA) is 24.9 Å². The van der Waals surface area contributed by atoms with E-state index in [-0.39, 0.29) is 11.6 Å². The predicted molar refractivity (Wildman–Crippen MR) is 394 cm³/mol. The van der Waals surface area contributed by atoms with E-state index in [1.54, 1.807) is 24.3 Å². The SMILES string of the molecule is C=Cc1ccc(OCCCCCCC2(c3ccccc3)c3ccccc3-c3ccc(N(c4ccc(F)cc4)c4ccc(-c5ccc(N(c6ccc(F)cc6)c6ccc7c(c6)C(CCCCCCOC6=CCC(C=C)C=C6)(c6ccccc6)c6ccccc6-7)cc5)cc4)cc32)cc1. The summed E-state index contributed by atoms with van der Waals surface area (Å²) in [5.74, 6) is 1.66. The summed E-state index contributed by atoms with van der Waals surface area (Å²) in [7, 11) is 0. The Morgan fingerprint density at radius 1 is 0.396 bits per heavy atom. The Labute approximate surface area is 565 Å². The number of benzene rings is 11. The molecule has 3 aliphatic carbocycles. The Morgan fingerprint density at radius 2 is 0.802 bits per heavy atom. The first-order valence-corrected chi connectivity index (χ1v) is 34.2. The van der Waals surface area contributed by atoms with Crippen molar-refractivity contribution in [2.45, 2.75) is 81.5 Å². The number of rotatable bonds is 27. The van der Waals surface area contributed by atoms with Gasteiger partial charge in [-0.25, -0.2) is 8.78 Å². The monoisotopic (exact) mass is 1260 g/mol. The van der Waals surface area contributed by atoms with E-state index in [2.05, 4.69) is 235 Å². The van der Waals surface area contributed by atoms with Crippen molar-refractivity contribution in [1.82, 2.24) is 0 Å². The molecule has 0 heterocycles. The van der Waals surface area contributed by atoms with E-state index < -0.39 is 10.8 Å². The zero-order valence-electron chi connectivity index (χ0n) is 54.4. The summed E-state index contributed by atoms with van der Waals surface area (Å²) in [4.78, 5) is 4.51. The molecule has 0 amide bonds. The van der Waals surface area contributed by atoms with Crippen molar-refractivity contribution in [2.24, 2.45) is 5.92 Å². The summed E-state index contributed by atoms with van der Waals surface area (Å²) in [5, 5.41) is 0. The van der Waals surface area contributed by atoms with Crippen molar-refractivity contribution < 1.29 is 18.3 Å². The Kier molecular flexibility index (Phi) is 18.7. The fourth-order valence-corrected chi connectivity index (χ4v) is 15.2. The highest BCUT2D eigenvalue weighted by Crippen LogP contribution is 2.58. The zero-order chi connectivity index (χ0) is 65.3. The lowest BCUT2D eigenvalue weighted by molar-refractivity contribution is 0.214. The van der Waals surface area contributed by atoms with Crippen LogP contribution in [0, 0.1) is 17.6 Å². The molecular weight excluding hydrogens is 1180 g/mol. The van der Waals surface area contributed by atoms with Gasteiger partial charge in [-0.15, -0.1) is 6.58 Å². The molecule has 4 nitrogen and oxygen atoms in total. The highest BCUT2D eigenvalue weighted by atomic mass is 19.1. The van der Waals surface area contributed by atoms with E-state index in [0.29, 0.717) is 19.1 Å². The van der Waals surface area contributed by atoms with Gasteiger partial charge in [0.2, 0.25) is 0 Å². The van der Waals surface area contributed by atoms with Gasteiger partial charge in [0.15, 0.2) is 0 Å². The lowest BCUT2D eigenvalue weighted by Crippen LogP contribution is -2.27. The third-order valence-corrected chi connectivity index (χ3v) is 20.0. The Bertz CT molecular complexity index is 4560. The van der Waals surface area contributed by atoms with E-state index in [4.69, 9.17) is 9.47 Å². The first-order valence-electron chi connectivity index (χ1n) is 34.2. The number of nitrogens with zero attached hydrogens (tertiary/aromatic N) is 2. The average Bonchev–Trinajstić information content (AvgIpc) is 1.56. The minimum atomic E-state index is -0.402. The molecule has 11 aromatic rings. The summed E-state index contributed by atoms with van der Waals surface area (Å²) in [6, 6.07) is 93.0. The lowest BCUT2D eigenvalue weighted by Gasteiger charge is -2.34. The van der Waals surface area contributed by atoms with Crippen LogP contribution in [0.3, 0.4) is 0 Å². The van der Waals surface area contributed by atoms with Crippen LogP contribution < -0.4 is 14.5 Å². The number of hydrogen-bond acceptors (Lipinski definition) is 4. The van der Waals surface area contributed by atoms with Crippen LogP contribution in [0.15, 0.2) is 310 Å². The van der Waals surface area contributed by atoms with Crippen molar-refractivity contribution in [1.29, 1.82) is 0 Å². The highest BCUT2D eigenvalue weighted by Gasteiger charge is 2.46. The largest absolute Gasteiger partial charge is 0.494 e. The number of halogens is 2. The highest BCUT2D eigenvalue weighted by molar-refractivity contribution is 5.90. The van der Waals surface area contributed by atoms with Crippen LogP contribution in [-0.4, -0.2) is 13.2 Å². The molecule has 0 spiro atoms. The van der Waals surface area contributed by atoms with Crippen molar-refractivity contribution in [3.05, 3.63) is 361 Å². The standard InChI is InChI=1S/C90H80F2N2O2/c1-3-65-31-53-79(54-32-65)95-61-21-7-5-19-59-89(69-23-11-9-12-24-69)85-29-17-15-27-81(85)83-57-51-77(63-87(83)89)93(75-47-39-71(91)40-48-75)73-43-35-67(36-44-73)68-37-45-74(46-38-68)94(76-49-41-72(92)42-50-76)78-52-58-84-82-28-16-18-30-86(82)90(88(84)64-78,70-25-13-10-14-26-70)60-20-6-8-22-62-96-80-55-33-66(4-2)34-56-80/h3-4,9-18,23-33,35-58,63-64,66H,1-2,5-8,19-22,34,59-62H2. The molecule has 0 aromatic heterocycles. The fraction of sp³-hybridized carbons (Fsp3) is 0.178. The summed E-state index contributed by atoms with van der Waals surface area (Å²) >= 11 is 0. The fourth-order valence-electron chi connectivity index (χ4n) is 15.2. The molecule has 0 radical (unpaired) electrons. The molecule has 3 atom stereocenters. The molecule has 3 unspecified atom stereocenters. The predicted octanol–water partition coefficient (Wildman–Crippen LogP) is 24.5. The van der Waals surface area contributed by atoms with Crippen molar-refractivity contribution in [2.75, 3.05) is 23.0 Å². The van der Waals surface area contributed by atoms with E-state index in [9.17, 15) is 8.78 Å². The quantitative estimate of drug-likeness (QED) is 0.0378. The van der Waals surface area contributed by atoms with Gasteiger partial charge < -0.3 is 19.3 Å². The molecule has 0 saturated carbocycles. The smallest absolute Gasteiger partial charge is 0.123 e. The zero-order valence-corrected chi connectivity index (χ0v) is 54.4. The molecular formula is C90H80F2N2O2. The summed E-state index contributed by atoms with van der Waals surface area (Å²) < 4.78 is 42.1. The maximum atomic E-state index is 14.9. The molecule has 3 aliphatic rings. The van der Waals surface area contributed by atoms with Gasteiger partial charge in [0, 0.05) is 45.0 Å². The maximum Gasteiger partial charge on any atom is 0.123 e. The van der Waals surface area contributed by atoms with Crippen LogP contribution in [0.2, 0.25) is 0 Å². The van der Waals surface area contributed by atoms with Crippen LogP contribution in [0.4, 0.5) is 42.9 Å². The minimum absolute atomic E-state index is 0.284. The number of anilines is 6. The second-order valence-electron chi connectivity index (χ2n) is 25.7. The number of hydrogen-bond donors (Lipinski definition) is 0. The van der Waals surface area contributed by atoms with Gasteiger partial charge in [0.25, 0.3) is 0 Å². The van der Waals surface area contributed by atoms with Gasteiger partial charge in [0.05, 0.1) is 13.2 Å². The lowest BCUT2D eigenvalue weighted by atomic mass is 9.69. The summed E-state index contributed by atoms with van der Waals surface area (Å²) in [6.45, 7) is 9.20. The molecule has 0 fully saturated rings. The molecule has 0 N–H and O–H groups in total. The van der Waals surface area contributed by atoms with Crippen LogP contribution in [-0.2, 0) is 15.6 Å². The first kappa shape index (κ1) is 62.9. The third kappa shape index (κ3) is 12.7. The third-order valence-electron chi connectivity index (χ3n) is 20.0. The molecule has 14 rings (SSSR count). The molecule has 0 bridgehead atoms. The van der Waals surface area contributed by atoms with Gasteiger partial charge in [-0.05, 0) is 232 Å². The molecule has 96 heavy (non-hydrogen) atoms. The minimum Gasteiger partial charge on any atom is -0.494 e. The van der Waals surface area contributed by atoms with Crippen LogP contribution in [0.5, 0.6) is 5.75 Å². The Morgan fingerprint density at radius 3 is 1.24 bits per heavy atom. The van der Waals surface area contributed by atoms with Gasteiger partial charge in [-0.3, -0.25) is 0 Å². The second-order valence-corrected chi connectivity index (χ2v) is 25.7. The van der Waals surface area contributed by atoms with E-state index in [1.807, 2.05) is 60.7 Å². The van der Waals surface area contributed by atoms with E-state index in [1.165, 1.54) is 55.6 Å². The van der Waals surface area contributed by atoms with Crippen LogP contribution >= 0.6 is 0 Å². The maximum absolute atomic E-state index is 14.9. The van der Waals surface area contributed by atoms with Crippen molar-refractivity contribution in [3.63, 3.8) is 0 Å². The molecule has 0 saturated heterocycles. The summed E-state index contributed by atoms with van der Waals surface area (Å²) in [5.41, 5.74) is 20.7. The number of allylic oxidation sites excluding steroid dienone is 4. The normalized spacial score (nSPS) is 16.4. The van der Waals surface area contributed by atoms with Crippen molar-refractivity contribution >= 4 is 40.2 Å². The van der Waals surface area contributed by atoms with Gasteiger partial charge in [0.1, 0.15) is 23.1 Å². The first-order chi connectivity index (χ1) is 47.3.